The standard InChI is InChI=1S/C25H39F3N2O4/c1-2-3-4-5-6-7-8-9-10-11-12-13-17-33-21-16-14-15-20(18-21)30-23(31)22(29)19-34-24(32)25(26,27)28/h14-16,18,22H,2-13,17,19,29H2,1H3,(H,30,31). The molecule has 0 aliphatic heterocycles. The first-order chi connectivity index (χ1) is 16.2. The van der Waals surface area contributed by atoms with Gasteiger partial charge in [-0.2, -0.15) is 13.2 Å². The van der Waals surface area contributed by atoms with E-state index in [1.807, 2.05) is 0 Å². The zero-order valence-corrected chi connectivity index (χ0v) is 20.1. The van der Waals surface area contributed by atoms with Crippen LogP contribution in [-0.2, 0) is 14.3 Å². The van der Waals surface area contributed by atoms with Crippen molar-refractivity contribution in [2.45, 2.75) is 96.2 Å². The summed E-state index contributed by atoms with van der Waals surface area (Å²) in [5.41, 5.74) is 5.88. The van der Waals surface area contributed by atoms with Crippen LogP contribution < -0.4 is 15.8 Å². The van der Waals surface area contributed by atoms with Crippen LogP contribution in [0.5, 0.6) is 5.75 Å². The monoisotopic (exact) mass is 488 g/mol. The maximum absolute atomic E-state index is 12.1. The highest BCUT2D eigenvalue weighted by Gasteiger charge is 2.41. The predicted molar refractivity (Wildman–Crippen MR) is 127 cm³/mol. The van der Waals surface area contributed by atoms with Gasteiger partial charge in [0.25, 0.3) is 0 Å². The number of carbonyl (C=O) groups is 2. The van der Waals surface area contributed by atoms with Crippen LogP contribution in [0.3, 0.4) is 0 Å². The quantitative estimate of drug-likeness (QED) is 0.191. The van der Waals surface area contributed by atoms with Crippen LogP contribution in [0.1, 0.15) is 84.0 Å². The lowest BCUT2D eigenvalue weighted by molar-refractivity contribution is -0.200. The van der Waals surface area contributed by atoms with Gasteiger partial charge in [0.1, 0.15) is 18.4 Å². The van der Waals surface area contributed by atoms with Gasteiger partial charge in [-0.15, -0.1) is 0 Å². The molecule has 0 saturated heterocycles. The highest BCUT2D eigenvalue weighted by molar-refractivity contribution is 5.95. The summed E-state index contributed by atoms with van der Waals surface area (Å²) in [7, 11) is 0. The summed E-state index contributed by atoms with van der Waals surface area (Å²) in [6.07, 6.45) is 9.98. The van der Waals surface area contributed by atoms with Gasteiger partial charge in [0.05, 0.1) is 6.61 Å². The molecule has 0 aliphatic carbocycles. The van der Waals surface area contributed by atoms with Gasteiger partial charge >= 0.3 is 12.1 Å². The van der Waals surface area contributed by atoms with E-state index in [1.165, 1.54) is 64.2 Å². The van der Waals surface area contributed by atoms with E-state index in [4.69, 9.17) is 10.5 Å². The molecular weight excluding hydrogens is 449 g/mol. The Bertz CT molecular complexity index is 714. The number of halogens is 3. The molecule has 194 valence electrons. The summed E-state index contributed by atoms with van der Waals surface area (Å²) in [4.78, 5) is 22.7. The number of rotatable bonds is 18. The molecule has 1 rings (SSSR count). The SMILES string of the molecule is CCCCCCCCCCCCCCOc1cccc(NC(=O)C(N)COC(=O)C(F)(F)F)c1. The third kappa shape index (κ3) is 14.1. The molecular formula is C25H39F3N2O4. The molecule has 0 fully saturated rings. The lowest BCUT2D eigenvalue weighted by atomic mass is 10.1. The number of nitrogens with two attached hydrogens (primary N) is 1. The molecule has 0 bridgehead atoms. The van der Waals surface area contributed by atoms with Crippen LogP contribution in [0.15, 0.2) is 24.3 Å². The zero-order chi connectivity index (χ0) is 25.2. The average molecular weight is 489 g/mol. The second-order valence-electron chi connectivity index (χ2n) is 8.46. The van der Waals surface area contributed by atoms with Crippen molar-refractivity contribution in [3.8, 4) is 5.75 Å². The van der Waals surface area contributed by atoms with Crippen LogP contribution in [0, 0.1) is 0 Å². The molecule has 0 saturated carbocycles. The first-order valence-corrected chi connectivity index (χ1v) is 12.3. The Hall–Kier alpha value is -2.29. The molecule has 1 aromatic rings. The Kier molecular flexibility index (Phi) is 15.0. The molecule has 1 aromatic carbocycles. The van der Waals surface area contributed by atoms with E-state index < -0.39 is 30.7 Å². The number of amides is 1. The van der Waals surface area contributed by atoms with Crippen LogP contribution in [0.2, 0.25) is 0 Å². The number of anilines is 1. The molecule has 1 amide bonds. The predicted octanol–water partition coefficient (Wildman–Crippen LogP) is 6.14. The normalized spacial score (nSPS) is 12.3. The fourth-order valence-electron chi connectivity index (χ4n) is 3.35. The number of hydrogen-bond acceptors (Lipinski definition) is 5. The molecule has 0 spiro atoms. The summed E-state index contributed by atoms with van der Waals surface area (Å²) in [6.45, 7) is 1.92. The van der Waals surface area contributed by atoms with Gasteiger partial charge in [0.2, 0.25) is 5.91 Å². The summed E-state index contributed by atoms with van der Waals surface area (Å²) in [5, 5.41) is 2.48. The molecule has 1 unspecified atom stereocenters. The Labute approximate surface area is 200 Å². The van der Waals surface area contributed by atoms with E-state index in [9.17, 15) is 22.8 Å². The lowest BCUT2D eigenvalue weighted by Gasteiger charge is -2.14. The first kappa shape index (κ1) is 29.7. The summed E-state index contributed by atoms with van der Waals surface area (Å²) in [5.74, 6) is -2.59. The van der Waals surface area contributed by atoms with E-state index in [2.05, 4.69) is 17.0 Å². The molecule has 9 heteroatoms. The smallest absolute Gasteiger partial charge is 0.490 e. The fourth-order valence-corrected chi connectivity index (χ4v) is 3.35. The number of nitrogens with one attached hydrogen (secondary N) is 1. The number of esters is 1. The maximum Gasteiger partial charge on any atom is 0.490 e. The van der Waals surface area contributed by atoms with E-state index in [0.29, 0.717) is 18.0 Å². The summed E-state index contributed by atoms with van der Waals surface area (Å²) < 4.78 is 46.1. The Morgan fingerprint density at radius 1 is 0.941 bits per heavy atom. The van der Waals surface area contributed by atoms with E-state index >= 15 is 0 Å². The third-order valence-corrected chi connectivity index (χ3v) is 5.33. The Balaban J connectivity index is 2.16. The van der Waals surface area contributed by atoms with E-state index in [0.717, 1.165) is 12.8 Å². The Morgan fingerprint density at radius 2 is 1.50 bits per heavy atom. The number of unbranched alkanes of at least 4 members (excludes halogenated alkanes) is 11. The topological polar surface area (TPSA) is 90.7 Å². The van der Waals surface area contributed by atoms with E-state index in [1.54, 1.807) is 24.3 Å². The second kappa shape index (κ2) is 17.2. The van der Waals surface area contributed by atoms with Gasteiger partial charge in [-0.3, -0.25) is 4.79 Å². The number of carbonyl (C=O) groups excluding carboxylic acids is 2. The van der Waals surface area contributed by atoms with Gasteiger partial charge in [-0.05, 0) is 18.6 Å². The van der Waals surface area contributed by atoms with Crippen LogP contribution in [0.25, 0.3) is 0 Å². The van der Waals surface area contributed by atoms with Gasteiger partial charge < -0.3 is 20.5 Å². The number of alkyl halides is 3. The minimum Gasteiger partial charge on any atom is -0.494 e. The summed E-state index contributed by atoms with van der Waals surface area (Å²) >= 11 is 0. The van der Waals surface area contributed by atoms with Crippen LogP contribution in [0.4, 0.5) is 18.9 Å². The first-order valence-electron chi connectivity index (χ1n) is 12.3. The lowest BCUT2D eigenvalue weighted by Crippen LogP contribution is -2.41. The van der Waals surface area contributed by atoms with Crippen molar-refractivity contribution in [2.75, 3.05) is 18.5 Å². The third-order valence-electron chi connectivity index (χ3n) is 5.33. The molecule has 0 aliphatic rings. The van der Waals surface area contributed by atoms with Crippen molar-refractivity contribution in [3.63, 3.8) is 0 Å². The molecule has 1 atom stereocenters. The average Bonchev–Trinajstić information content (AvgIpc) is 2.79. The van der Waals surface area contributed by atoms with Gasteiger partial charge in [-0.25, -0.2) is 4.79 Å². The van der Waals surface area contributed by atoms with Crippen molar-refractivity contribution in [3.05, 3.63) is 24.3 Å². The van der Waals surface area contributed by atoms with E-state index in [-0.39, 0.29) is 0 Å². The minimum absolute atomic E-state index is 0.384. The Morgan fingerprint density at radius 3 is 2.06 bits per heavy atom. The largest absolute Gasteiger partial charge is 0.494 e. The number of hydrogen-bond donors (Lipinski definition) is 2. The molecule has 0 heterocycles. The van der Waals surface area contributed by atoms with Crippen LogP contribution >= 0.6 is 0 Å². The zero-order valence-electron chi connectivity index (χ0n) is 20.1. The molecule has 3 N–H and O–H groups in total. The fraction of sp³-hybridized carbons (Fsp3) is 0.680. The molecule has 0 aromatic heterocycles. The highest BCUT2D eigenvalue weighted by Crippen LogP contribution is 2.19. The van der Waals surface area contributed by atoms with Crippen molar-refractivity contribution >= 4 is 17.6 Å². The van der Waals surface area contributed by atoms with Crippen molar-refractivity contribution in [2.24, 2.45) is 5.73 Å². The van der Waals surface area contributed by atoms with Gasteiger partial charge in [0.15, 0.2) is 0 Å². The number of benzene rings is 1. The molecule has 6 nitrogen and oxygen atoms in total. The summed E-state index contributed by atoms with van der Waals surface area (Å²) in [6, 6.07) is 5.20. The van der Waals surface area contributed by atoms with Crippen molar-refractivity contribution in [1.82, 2.24) is 0 Å². The molecule has 0 radical (unpaired) electrons. The minimum atomic E-state index is -5.13. The van der Waals surface area contributed by atoms with Gasteiger partial charge in [0, 0.05) is 11.8 Å². The maximum atomic E-state index is 12.1. The van der Waals surface area contributed by atoms with Crippen molar-refractivity contribution < 1.29 is 32.2 Å². The number of ether oxygens (including phenoxy) is 2. The van der Waals surface area contributed by atoms with Crippen LogP contribution in [-0.4, -0.2) is 37.3 Å². The second-order valence-corrected chi connectivity index (χ2v) is 8.46. The highest BCUT2D eigenvalue weighted by atomic mass is 19.4. The molecule has 34 heavy (non-hydrogen) atoms. The van der Waals surface area contributed by atoms with Crippen molar-refractivity contribution in [1.29, 1.82) is 0 Å². The van der Waals surface area contributed by atoms with Gasteiger partial charge in [-0.1, -0.05) is 83.6 Å².